The average molecular weight is 299 g/mol. The Balaban J connectivity index is 2.42. The van der Waals surface area contributed by atoms with Crippen LogP contribution in [0.1, 0.15) is 50.2 Å². The highest BCUT2D eigenvalue weighted by atomic mass is 79.9. The fourth-order valence-corrected chi connectivity index (χ4v) is 2.35. The van der Waals surface area contributed by atoms with Crippen LogP contribution >= 0.6 is 15.9 Å². The molecule has 0 radical (unpaired) electrons. The van der Waals surface area contributed by atoms with Gasteiger partial charge in [0.05, 0.1) is 6.61 Å². The molecule has 2 heteroatoms. The van der Waals surface area contributed by atoms with Crippen LogP contribution in [0, 0.1) is 6.92 Å². The smallest absolute Gasteiger partial charge is 0.119 e. The predicted octanol–water partition coefficient (Wildman–Crippen LogP) is 5.06. The maximum Gasteiger partial charge on any atom is 0.119 e. The first-order valence-electron chi connectivity index (χ1n) is 6.44. The monoisotopic (exact) mass is 298 g/mol. The van der Waals surface area contributed by atoms with Crippen molar-refractivity contribution in [3.63, 3.8) is 0 Å². The minimum absolute atomic E-state index is 0.586. The molecule has 1 aromatic rings. The number of benzene rings is 1. The fraction of sp³-hybridized carbons (Fsp3) is 0.600. The summed E-state index contributed by atoms with van der Waals surface area (Å²) in [5.41, 5.74) is 2.74. The Labute approximate surface area is 114 Å². The summed E-state index contributed by atoms with van der Waals surface area (Å²) in [4.78, 5) is 0. The van der Waals surface area contributed by atoms with Crippen LogP contribution in [0.25, 0.3) is 0 Å². The van der Waals surface area contributed by atoms with Gasteiger partial charge in [-0.1, -0.05) is 35.8 Å². The molecule has 0 fully saturated rings. The quantitative estimate of drug-likeness (QED) is 0.505. The van der Waals surface area contributed by atoms with Crippen LogP contribution in [0.15, 0.2) is 18.2 Å². The molecule has 0 spiro atoms. The van der Waals surface area contributed by atoms with E-state index in [0.717, 1.165) is 24.1 Å². The SMILES string of the molecule is Cc1cc(OCCCCCBr)ccc1C(C)C. The van der Waals surface area contributed by atoms with Gasteiger partial charge in [-0.25, -0.2) is 0 Å². The number of hydrogen-bond acceptors (Lipinski definition) is 1. The molecule has 0 unspecified atom stereocenters. The van der Waals surface area contributed by atoms with E-state index in [-0.39, 0.29) is 0 Å². The third-order valence-electron chi connectivity index (χ3n) is 2.91. The highest BCUT2D eigenvalue weighted by Gasteiger charge is 2.04. The Kier molecular flexibility index (Phi) is 6.64. The second-order valence-electron chi connectivity index (χ2n) is 4.77. The van der Waals surface area contributed by atoms with Crippen molar-refractivity contribution in [1.82, 2.24) is 0 Å². The van der Waals surface area contributed by atoms with Gasteiger partial charge in [-0.05, 0) is 55.4 Å². The lowest BCUT2D eigenvalue weighted by Crippen LogP contribution is -1.99. The van der Waals surface area contributed by atoms with Crippen LogP contribution in [0.4, 0.5) is 0 Å². The van der Waals surface area contributed by atoms with Gasteiger partial charge in [-0.3, -0.25) is 0 Å². The Morgan fingerprint density at radius 2 is 1.94 bits per heavy atom. The molecule has 0 saturated carbocycles. The van der Waals surface area contributed by atoms with Gasteiger partial charge < -0.3 is 4.74 Å². The number of aryl methyl sites for hydroxylation is 1. The Hall–Kier alpha value is -0.500. The van der Waals surface area contributed by atoms with Gasteiger partial charge in [0.15, 0.2) is 0 Å². The van der Waals surface area contributed by atoms with Crippen LogP contribution in [0.3, 0.4) is 0 Å². The summed E-state index contributed by atoms with van der Waals surface area (Å²) < 4.78 is 5.75. The summed E-state index contributed by atoms with van der Waals surface area (Å²) in [5.74, 6) is 1.59. The summed E-state index contributed by atoms with van der Waals surface area (Å²) in [6.07, 6.45) is 3.60. The lowest BCUT2D eigenvalue weighted by Gasteiger charge is -2.12. The normalized spacial score (nSPS) is 10.9. The summed E-state index contributed by atoms with van der Waals surface area (Å²) in [6, 6.07) is 6.43. The molecule has 0 saturated heterocycles. The van der Waals surface area contributed by atoms with Crippen molar-refractivity contribution >= 4 is 15.9 Å². The van der Waals surface area contributed by atoms with E-state index >= 15 is 0 Å². The Morgan fingerprint density at radius 1 is 1.18 bits per heavy atom. The van der Waals surface area contributed by atoms with Gasteiger partial charge in [0.2, 0.25) is 0 Å². The summed E-state index contributed by atoms with van der Waals surface area (Å²) in [7, 11) is 0. The minimum atomic E-state index is 0.586. The number of unbranched alkanes of at least 4 members (excludes halogenated alkanes) is 2. The van der Waals surface area contributed by atoms with Crippen molar-refractivity contribution in [3.05, 3.63) is 29.3 Å². The molecular formula is C15H23BrO. The highest BCUT2D eigenvalue weighted by Crippen LogP contribution is 2.23. The average Bonchev–Trinajstić information content (AvgIpc) is 2.28. The molecular weight excluding hydrogens is 276 g/mol. The van der Waals surface area contributed by atoms with Gasteiger partial charge in [-0.2, -0.15) is 0 Å². The van der Waals surface area contributed by atoms with Gasteiger partial charge in [0, 0.05) is 5.33 Å². The van der Waals surface area contributed by atoms with Crippen LogP contribution in [0.5, 0.6) is 5.75 Å². The van der Waals surface area contributed by atoms with Crippen LogP contribution in [-0.2, 0) is 0 Å². The van der Waals surface area contributed by atoms with Crippen molar-refractivity contribution in [3.8, 4) is 5.75 Å². The van der Waals surface area contributed by atoms with E-state index in [0.29, 0.717) is 5.92 Å². The molecule has 1 aromatic carbocycles. The number of alkyl halides is 1. The molecule has 0 N–H and O–H groups in total. The molecule has 1 nitrogen and oxygen atoms in total. The van der Waals surface area contributed by atoms with Crippen molar-refractivity contribution in [2.75, 3.05) is 11.9 Å². The third kappa shape index (κ3) is 5.12. The third-order valence-corrected chi connectivity index (χ3v) is 3.47. The first-order valence-corrected chi connectivity index (χ1v) is 7.56. The molecule has 0 atom stereocenters. The summed E-state index contributed by atoms with van der Waals surface area (Å²) >= 11 is 3.44. The van der Waals surface area contributed by atoms with Crippen LogP contribution in [0.2, 0.25) is 0 Å². The van der Waals surface area contributed by atoms with Gasteiger partial charge in [0.1, 0.15) is 5.75 Å². The van der Waals surface area contributed by atoms with Gasteiger partial charge in [0.25, 0.3) is 0 Å². The van der Waals surface area contributed by atoms with E-state index in [9.17, 15) is 0 Å². The molecule has 0 aromatic heterocycles. The van der Waals surface area contributed by atoms with E-state index < -0.39 is 0 Å². The van der Waals surface area contributed by atoms with E-state index in [4.69, 9.17) is 4.74 Å². The molecule has 1 rings (SSSR count). The number of ether oxygens (including phenoxy) is 1. The molecule has 0 amide bonds. The number of rotatable bonds is 7. The summed E-state index contributed by atoms with van der Waals surface area (Å²) in [5, 5.41) is 1.09. The maximum atomic E-state index is 5.75. The molecule has 0 bridgehead atoms. The van der Waals surface area contributed by atoms with Crippen LogP contribution in [-0.4, -0.2) is 11.9 Å². The van der Waals surface area contributed by atoms with Gasteiger partial charge in [-0.15, -0.1) is 0 Å². The Morgan fingerprint density at radius 3 is 2.53 bits per heavy atom. The first-order chi connectivity index (χ1) is 8.15. The van der Waals surface area contributed by atoms with E-state index in [1.165, 1.54) is 24.0 Å². The highest BCUT2D eigenvalue weighted by molar-refractivity contribution is 9.09. The van der Waals surface area contributed by atoms with E-state index in [2.05, 4.69) is 54.9 Å². The predicted molar refractivity (Wildman–Crippen MR) is 78.4 cm³/mol. The van der Waals surface area contributed by atoms with Crippen LogP contribution < -0.4 is 4.74 Å². The van der Waals surface area contributed by atoms with Gasteiger partial charge >= 0.3 is 0 Å². The molecule has 96 valence electrons. The second-order valence-corrected chi connectivity index (χ2v) is 5.56. The Bertz CT molecular complexity index is 334. The molecule has 0 aliphatic carbocycles. The second kappa shape index (κ2) is 7.75. The standard InChI is InChI=1S/C15H23BrO/c1-12(2)15-8-7-14(11-13(15)3)17-10-6-4-5-9-16/h7-8,11-12H,4-6,9-10H2,1-3H3. The van der Waals surface area contributed by atoms with Crippen molar-refractivity contribution in [2.45, 2.75) is 46.0 Å². The van der Waals surface area contributed by atoms with Crippen molar-refractivity contribution < 1.29 is 4.74 Å². The summed E-state index contributed by atoms with van der Waals surface area (Å²) in [6.45, 7) is 7.44. The zero-order valence-corrected chi connectivity index (χ0v) is 12.7. The molecule has 0 aliphatic rings. The topological polar surface area (TPSA) is 9.23 Å². The minimum Gasteiger partial charge on any atom is -0.494 e. The number of hydrogen-bond donors (Lipinski definition) is 0. The largest absolute Gasteiger partial charge is 0.494 e. The van der Waals surface area contributed by atoms with E-state index in [1.807, 2.05) is 0 Å². The number of halogens is 1. The molecule has 17 heavy (non-hydrogen) atoms. The zero-order valence-electron chi connectivity index (χ0n) is 11.1. The van der Waals surface area contributed by atoms with Crippen molar-refractivity contribution in [1.29, 1.82) is 0 Å². The van der Waals surface area contributed by atoms with Crippen molar-refractivity contribution in [2.24, 2.45) is 0 Å². The maximum absolute atomic E-state index is 5.75. The lowest BCUT2D eigenvalue weighted by molar-refractivity contribution is 0.306. The first kappa shape index (κ1) is 14.6. The van der Waals surface area contributed by atoms with E-state index in [1.54, 1.807) is 0 Å². The lowest BCUT2D eigenvalue weighted by atomic mass is 9.98. The molecule has 0 heterocycles. The zero-order chi connectivity index (χ0) is 12.7. The molecule has 0 aliphatic heterocycles. The fourth-order valence-electron chi connectivity index (χ4n) is 1.95.